The molecule has 0 atom stereocenters. The van der Waals surface area contributed by atoms with Crippen LogP contribution in [-0.4, -0.2) is 26.3 Å². The summed E-state index contributed by atoms with van der Waals surface area (Å²) in [6.45, 7) is 5.64. The molecule has 0 unspecified atom stereocenters. The molecule has 0 amide bonds. The van der Waals surface area contributed by atoms with Gasteiger partial charge in [-0.15, -0.1) is 0 Å². The van der Waals surface area contributed by atoms with E-state index in [0.717, 1.165) is 16.7 Å². The number of ether oxygens (including phenoxy) is 1. The van der Waals surface area contributed by atoms with E-state index in [9.17, 15) is 0 Å². The van der Waals surface area contributed by atoms with Gasteiger partial charge in [0.25, 0.3) is 0 Å². The second kappa shape index (κ2) is 6.63. The second-order valence-corrected chi connectivity index (χ2v) is 4.97. The first kappa shape index (κ1) is 14.0. The zero-order chi connectivity index (χ0) is 12.8. The summed E-state index contributed by atoms with van der Waals surface area (Å²) < 4.78 is 6.09. The quantitative estimate of drug-likeness (QED) is 0.837. The topological polar surface area (TPSA) is 36.3 Å². The van der Waals surface area contributed by atoms with Gasteiger partial charge in [-0.3, -0.25) is 0 Å². The van der Waals surface area contributed by atoms with Gasteiger partial charge < -0.3 is 9.64 Å². The third-order valence-corrected chi connectivity index (χ3v) is 3.04. The van der Waals surface area contributed by atoms with E-state index in [0.29, 0.717) is 18.2 Å². The molecule has 0 aliphatic heterocycles. The molecule has 1 aromatic carbocycles. The van der Waals surface area contributed by atoms with Crippen molar-refractivity contribution in [3.63, 3.8) is 0 Å². The summed E-state index contributed by atoms with van der Waals surface area (Å²) in [6, 6.07) is 8.26. The Hall–Kier alpha value is -1.05. The Morgan fingerprint density at radius 3 is 2.71 bits per heavy atom. The maximum absolute atomic E-state index is 9.14. The lowest BCUT2D eigenvalue weighted by molar-refractivity contribution is 0.204. The van der Waals surface area contributed by atoms with E-state index in [4.69, 9.17) is 10.00 Å². The summed E-state index contributed by atoms with van der Waals surface area (Å²) in [5, 5.41) is 9.14. The van der Waals surface area contributed by atoms with Gasteiger partial charge in [0.1, 0.15) is 6.07 Å². The second-order valence-electron chi connectivity index (χ2n) is 4.05. The minimum atomic E-state index is 0.326. The van der Waals surface area contributed by atoms with Gasteiger partial charge in [-0.1, -0.05) is 15.9 Å². The van der Waals surface area contributed by atoms with Crippen molar-refractivity contribution in [3.8, 4) is 6.07 Å². The highest BCUT2D eigenvalue weighted by molar-refractivity contribution is 9.10. The van der Waals surface area contributed by atoms with Crippen LogP contribution in [0.1, 0.15) is 19.4 Å². The highest BCUT2D eigenvalue weighted by Gasteiger charge is 2.14. The summed E-state index contributed by atoms with van der Waals surface area (Å²) in [4.78, 5) is 2.17. The summed E-state index contributed by atoms with van der Waals surface area (Å²) in [5.74, 6) is 0. The molecular weight excluding hydrogens is 280 g/mol. The number of methoxy groups -OCH3 is 1. The number of rotatable bonds is 5. The fourth-order valence-corrected chi connectivity index (χ4v) is 2.03. The van der Waals surface area contributed by atoms with E-state index in [1.807, 2.05) is 18.2 Å². The molecule has 1 rings (SSSR count). The van der Waals surface area contributed by atoms with Gasteiger partial charge in [0, 0.05) is 24.2 Å². The SMILES string of the molecule is COCCN(c1cc(Br)ccc1C#N)C(C)C. The van der Waals surface area contributed by atoms with E-state index < -0.39 is 0 Å². The first-order chi connectivity index (χ1) is 8.10. The number of hydrogen-bond acceptors (Lipinski definition) is 3. The highest BCUT2D eigenvalue weighted by atomic mass is 79.9. The molecule has 0 aromatic heterocycles. The van der Waals surface area contributed by atoms with Crippen LogP contribution in [0.15, 0.2) is 22.7 Å². The average molecular weight is 297 g/mol. The number of nitriles is 1. The number of nitrogens with zero attached hydrogens (tertiary/aromatic N) is 2. The lowest BCUT2D eigenvalue weighted by Crippen LogP contribution is -2.34. The van der Waals surface area contributed by atoms with Gasteiger partial charge >= 0.3 is 0 Å². The predicted molar refractivity (Wildman–Crippen MR) is 73.2 cm³/mol. The molecule has 3 nitrogen and oxygen atoms in total. The molecule has 0 saturated heterocycles. The van der Waals surface area contributed by atoms with E-state index in [1.165, 1.54) is 0 Å². The van der Waals surface area contributed by atoms with Crippen LogP contribution in [-0.2, 0) is 4.74 Å². The van der Waals surface area contributed by atoms with Crippen molar-refractivity contribution in [3.05, 3.63) is 28.2 Å². The molecule has 0 aliphatic rings. The average Bonchev–Trinajstić information content (AvgIpc) is 2.29. The number of hydrogen-bond donors (Lipinski definition) is 0. The molecule has 17 heavy (non-hydrogen) atoms. The Bertz CT molecular complexity index is 412. The Kier molecular flexibility index (Phi) is 5.46. The first-order valence-corrected chi connectivity index (χ1v) is 6.34. The van der Waals surface area contributed by atoms with E-state index >= 15 is 0 Å². The minimum Gasteiger partial charge on any atom is -0.383 e. The van der Waals surface area contributed by atoms with Crippen LogP contribution in [0.25, 0.3) is 0 Å². The van der Waals surface area contributed by atoms with Crippen LogP contribution in [0.4, 0.5) is 5.69 Å². The molecule has 0 heterocycles. The summed E-state index contributed by atoms with van der Waals surface area (Å²) in [6.07, 6.45) is 0. The molecule has 0 saturated carbocycles. The molecule has 0 spiro atoms. The third kappa shape index (κ3) is 3.72. The smallest absolute Gasteiger partial charge is 0.101 e. The van der Waals surface area contributed by atoms with E-state index in [2.05, 4.69) is 40.7 Å². The Labute approximate surface area is 111 Å². The van der Waals surface area contributed by atoms with E-state index in [1.54, 1.807) is 7.11 Å². The molecule has 1 aromatic rings. The lowest BCUT2D eigenvalue weighted by atomic mass is 10.1. The van der Waals surface area contributed by atoms with Crippen molar-refractivity contribution in [1.29, 1.82) is 5.26 Å². The van der Waals surface area contributed by atoms with Crippen molar-refractivity contribution in [1.82, 2.24) is 0 Å². The van der Waals surface area contributed by atoms with E-state index in [-0.39, 0.29) is 0 Å². The van der Waals surface area contributed by atoms with Gasteiger partial charge in [0.05, 0.1) is 17.9 Å². The normalized spacial score (nSPS) is 10.4. The monoisotopic (exact) mass is 296 g/mol. The maximum atomic E-state index is 9.14. The van der Waals surface area contributed by atoms with Crippen LogP contribution >= 0.6 is 15.9 Å². The Morgan fingerprint density at radius 2 is 2.18 bits per heavy atom. The number of anilines is 1. The van der Waals surface area contributed by atoms with Gasteiger partial charge in [-0.25, -0.2) is 0 Å². The molecule has 0 radical (unpaired) electrons. The largest absolute Gasteiger partial charge is 0.383 e. The number of halogens is 1. The molecule has 0 bridgehead atoms. The Morgan fingerprint density at radius 1 is 1.47 bits per heavy atom. The molecule has 0 N–H and O–H groups in total. The van der Waals surface area contributed by atoms with Crippen molar-refractivity contribution >= 4 is 21.6 Å². The van der Waals surface area contributed by atoms with Gasteiger partial charge in [-0.2, -0.15) is 5.26 Å². The van der Waals surface area contributed by atoms with Crippen LogP contribution < -0.4 is 4.90 Å². The highest BCUT2D eigenvalue weighted by Crippen LogP contribution is 2.26. The van der Waals surface area contributed by atoms with Crippen molar-refractivity contribution < 1.29 is 4.74 Å². The molecule has 0 aliphatic carbocycles. The van der Waals surface area contributed by atoms with Crippen molar-refractivity contribution in [2.75, 3.05) is 25.2 Å². The van der Waals surface area contributed by atoms with Gasteiger partial charge in [0.15, 0.2) is 0 Å². The van der Waals surface area contributed by atoms with Crippen molar-refractivity contribution in [2.45, 2.75) is 19.9 Å². The summed E-state index contributed by atoms with van der Waals surface area (Å²) in [7, 11) is 1.69. The van der Waals surface area contributed by atoms with Crippen molar-refractivity contribution in [2.24, 2.45) is 0 Å². The fourth-order valence-electron chi connectivity index (χ4n) is 1.68. The zero-order valence-corrected chi connectivity index (χ0v) is 12.0. The third-order valence-electron chi connectivity index (χ3n) is 2.55. The Balaban J connectivity index is 3.08. The first-order valence-electron chi connectivity index (χ1n) is 5.55. The van der Waals surface area contributed by atoms with Crippen LogP contribution in [0.5, 0.6) is 0 Å². The van der Waals surface area contributed by atoms with Crippen LogP contribution in [0.2, 0.25) is 0 Å². The molecular formula is C13H17BrN2O. The summed E-state index contributed by atoms with van der Waals surface area (Å²) in [5.41, 5.74) is 1.65. The molecule has 0 fully saturated rings. The van der Waals surface area contributed by atoms with Crippen LogP contribution in [0, 0.1) is 11.3 Å². The fraction of sp³-hybridized carbons (Fsp3) is 0.462. The van der Waals surface area contributed by atoms with Gasteiger partial charge in [-0.05, 0) is 32.0 Å². The zero-order valence-electron chi connectivity index (χ0n) is 10.4. The maximum Gasteiger partial charge on any atom is 0.101 e. The summed E-state index contributed by atoms with van der Waals surface area (Å²) >= 11 is 3.44. The standard InChI is InChI=1S/C13H17BrN2O/c1-10(2)16(6-7-17-3)13-8-12(14)5-4-11(13)9-15/h4-5,8,10H,6-7H2,1-3H3. The lowest BCUT2D eigenvalue weighted by Gasteiger charge is -2.29. The van der Waals surface area contributed by atoms with Crippen LogP contribution in [0.3, 0.4) is 0 Å². The van der Waals surface area contributed by atoms with Gasteiger partial charge in [0.2, 0.25) is 0 Å². The predicted octanol–water partition coefficient (Wildman–Crippen LogP) is 3.18. The minimum absolute atomic E-state index is 0.326. The number of benzene rings is 1. The molecule has 4 heteroatoms. The molecule has 92 valence electrons.